The Kier molecular flexibility index (Phi) is 4.41. The normalized spacial score (nSPS) is 29.0. The smallest absolute Gasteiger partial charge is 0.137 e. The van der Waals surface area contributed by atoms with Gasteiger partial charge in [-0.25, -0.2) is 4.39 Å². The van der Waals surface area contributed by atoms with E-state index in [4.69, 9.17) is 4.74 Å². The summed E-state index contributed by atoms with van der Waals surface area (Å²) in [7, 11) is 0. The van der Waals surface area contributed by atoms with Crippen LogP contribution in [0, 0.1) is 5.82 Å². The standard InChI is InChI=1S/C14H19BrFNO/c1-3-14(2)6-7-18-13(9-17-14)10-4-5-12(16)11(15)8-10/h4-5,8,13,17H,3,6-7,9H2,1-2H3. The van der Waals surface area contributed by atoms with Gasteiger partial charge in [0.1, 0.15) is 5.82 Å². The van der Waals surface area contributed by atoms with Crippen LogP contribution in [-0.4, -0.2) is 18.7 Å². The van der Waals surface area contributed by atoms with Gasteiger partial charge in [0, 0.05) is 18.7 Å². The van der Waals surface area contributed by atoms with E-state index in [1.54, 1.807) is 12.1 Å². The van der Waals surface area contributed by atoms with Crippen LogP contribution in [0.4, 0.5) is 4.39 Å². The first kappa shape index (κ1) is 14.0. The highest BCUT2D eigenvalue weighted by molar-refractivity contribution is 9.10. The van der Waals surface area contributed by atoms with E-state index >= 15 is 0 Å². The third-order valence-corrected chi connectivity index (χ3v) is 4.39. The first-order valence-corrected chi connectivity index (χ1v) is 7.15. The van der Waals surface area contributed by atoms with E-state index in [1.165, 1.54) is 6.07 Å². The van der Waals surface area contributed by atoms with Crippen molar-refractivity contribution in [3.05, 3.63) is 34.1 Å². The minimum atomic E-state index is -0.237. The molecule has 1 aromatic carbocycles. The average molecular weight is 316 g/mol. The van der Waals surface area contributed by atoms with Crippen LogP contribution in [-0.2, 0) is 4.74 Å². The topological polar surface area (TPSA) is 21.3 Å². The Bertz CT molecular complexity index is 426. The van der Waals surface area contributed by atoms with Crippen LogP contribution in [0.2, 0.25) is 0 Å². The first-order valence-electron chi connectivity index (χ1n) is 6.36. The zero-order valence-corrected chi connectivity index (χ0v) is 12.4. The van der Waals surface area contributed by atoms with E-state index in [0.717, 1.165) is 31.6 Å². The lowest BCUT2D eigenvalue weighted by molar-refractivity contribution is 0.0652. The molecule has 4 heteroatoms. The van der Waals surface area contributed by atoms with Gasteiger partial charge in [0.15, 0.2) is 0 Å². The summed E-state index contributed by atoms with van der Waals surface area (Å²) in [6.07, 6.45) is 2.08. The predicted octanol–water partition coefficient (Wildman–Crippen LogP) is 3.81. The van der Waals surface area contributed by atoms with Crippen molar-refractivity contribution in [1.82, 2.24) is 5.32 Å². The minimum absolute atomic E-state index is 0.00438. The summed E-state index contributed by atoms with van der Waals surface area (Å²) < 4.78 is 19.6. The van der Waals surface area contributed by atoms with Crippen LogP contribution < -0.4 is 5.32 Å². The van der Waals surface area contributed by atoms with Gasteiger partial charge >= 0.3 is 0 Å². The highest BCUT2D eigenvalue weighted by Gasteiger charge is 2.27. The van der Waals surface area contributed by atoms with E-state index in [9.17, 15) is 4.39 Å². The number of ether oxygens (including phenoxy) is 1. The third kappa shape index (κ3) is 3.11. The molecule has 1 aromatic rings. The van der Waals surface area contributed by atoms with E-state index in [2.05, 4.69) is 35.1 Å². The molecule has 0 aliphatic carbocycles. The molecule has 0 amide bonds. The predicted molar refractivity (Wildman–Crippen MR) is 74.1 cm³/mol. The monoisotopic (exact) mass is 315 g/mol. The number of hydrogen-bond acceptors (Lipinski definition) is 2. The van der Waals surface area contributed by atoms with Crippen molar-refractivity contribution >= 4 is 15.9 Å². The molecule has 100 valence electrons. The Labute approximate surface area is 116 Å². The van der Waals surface area contributed by atoms with Crippen LogP contribution in [0.25, 0.3) is 0 Å². The molecule has 0 aromatic heterocycles. The van der Waals surface area contributed by atoms with E-state index in [1.807, 2.05) is 0 Å². The summed E-state index contributed by atoms with van der Waals surface area (Å²) in [5.41, 5.74) is 1.16. The van der Waals surface area contributed by atoms with Crippen molar-refractivity contribution < 1.29 is 9.13 Å². The molecule has 2 rings (SSSR count). The zero-order chi connectivity index (χ0) is 13.2. The fraction of sp³-hybridized carbons (Fsp3) is 0.571. The third-order valence-electron chi connectivity index (χ3n) is 3.78. The number of halogens is 2. The Balaban J connectivity index is 2.12. The van der Waals surface area contributed by atoms with Crippen LogP contribution in [0.5, 0.6) is 0 Å². The molecule has 1 aliphatic rings. The molecule has 1 saturated heterocycles. The quantitative estimate of drug-likeness (QED) is 0.896. The van der Waals surface area contributed by atoms with Crippen molar-refractivity contribution in [3.8, 4) is 0 Å². The molecule has 0 saturated carbocycles. The van der Waals surface area contributed by atoms with Gasteiger partial charge in [-0.1, -0.05) is 13.0 Å². The Morgan fingerprint density at radius 1 is 1.56 bits per heavy atom. The van der Waals surface area contributed by atoms with Gasteiger partial charge < -0.3 is 10.1 Å². The van der Waals surface area contributed by atoms with E-state index < -0.39 is 0 Å². The summed E-state index contributed by atoms with van der Waals surface area (Å²) in [5.74, 6) is -0.237. The van der Waals surface area contributed by atoms with Gasteiger partial charge in [0.05, 0.1) is 10.6 Å². The molecule has 2 unspecified atom stereocenters. The van der Waals surface area contributed by atoms with Crippen molar-refractivity contribution in [1.29, 1.82) is 0 Å². The molecular weight excluding hydrogens is 297 g/mol. The van der Waals surface area contributed by atoms with Gasteiger partial charge in [0.25, 0.3) is 0 Å². The maximum absolute atomic E-state index is 13.2. The molecule has 0 bridgehead atoms. The lowest BCUT2D eigenvalue weighted by Gasteiger charge is -2.27. The highest BCUT2D eigenvalue weighted by Crippen LogP contribution is 2.27. The Morgan fingerprint density at radius 3 is 3.00 bits per heavy atom. The molecule has 1 aliphatic heterocycles. The lowest BCUT2D eigenvalue weighted by Crippen LogP contribution is -2.42. The second kappa shape index (κ2) is 5.68. The Morgan fingerprint density at radius 2 is 2.33 bits per heavy atom. The molecule has 0 spiro atoms. The van der Waals surface area contributed by atoms with Crippen LogP contribution in [0.3, 0.4) is 0 Å². The molecule has 18 heavy (non-hydrogen) atoms. The number of rotatable bonds is 2. The van der Waals surface area contributed by atoms with Gasteiger partial charge in [-0.2, -0.15) is 0 Å². The largest absolute Gasteiger partial charge is 0.372 e. The maximum Gasteiger partial charge on any atom is 0.137 e. The van der Waals surface area contributed by atoms with E-state index in [0.29, 0.717) is 4.47 Å². The summed E-state index contributed by atoms with van der Waals surface area (Å²) in [4.78, 5) is 0. The van der Waals surface area contributed by atoms with Crippen molar-refractivity contribution in [2.45, 2.75) is 38.3 Å². The van der Waals surface area contributed by atoms with Crippen molar-refractivity contribution in [2.75, 3.05) is 13.2 Å². The molecule has 2 nitrogen and oxygen atoms in total. The number of hydrogen-bond donors (Lipinski definition) is 1. The summed E-state index contributed by atoms with van der Waals surface area (Å²) in [6.45, 7) is 5.90. The highest BCUT2D eigenvalue weighted by atomic mass is 79.9. The van der Waals surface area contributed by atoms with E-state index in [-0.39, 0.29) is 17.5 Å². The lowest BCUT2D eigenvalue weighted by atomic mass is 9.95. The summed E-state index contributed by atoms with van der Waals surface area (Å²) >= 11 is 3.22. The van der Waals surface area contributed by atoms with Gasteiger partial charge in [-0.05, 0) is 53.4 Å². The minimum Gasteiger partial charge on any atom is -0.372 e. The van der Waals surface area contributed by atoms with Crippen LogP contribution >= 0.6 is 15.9 Å². The first-order chi connectivity index (χ1) is 8.54. The summed E-state index contributed by atoms with van der Waals surface area (Å²) in [5, 5.41) is 3.56. The second-order valence-corrected chi connectivity index (χ2v) is 5.93. The van der Waals surface area contributed by atoms with Crippen LogP contribution in [0.1, 0.15) is 38.4 Å². The average Bonchev–Trinajstić information content (AvgIpc) is 2.56. The Hall–Kier alpha value is -0.450. The molecular formula is C14H19BrFNO. The van der Waals surface area contributed by atoms with Crippen molar-refractivity contribution in [2.24, 2.45) is 0 Å². The van der Waals surface area contributed by atoms with Gasteiger partial charge in [-0.15, -0.1) is 0 Å². The fourth-order valence-electron chi connectivity index (χ4n) is 2.14. The molecule has 1 N–H and O–H groups in total. The fourth-order valence-corrected chi connectivity index (χ4v) is 2.54. The summed E-state index contributed by atoms with van der Waals surface area (Å²) in [6, 6.07) is 5.07. The molecule has 2 atom stereocenters. The molecule has 0 radical (unpaired) electrons. The molecule has 1 heterocycles. The SMILES string of the molecule is CCC1(C)CCOC(c2ccc(F)c(Br)c2)CN1. The van der Waals surface area contributed by atoms with Gasteiger partial charge in [0.2, 0.25) is 0 Å². The van der Waals surface area contributed by atoms with Crippen molar-refractivity contribution in [3.63, 3.8) is 0 Å². The number of benzene rings is 1. The maximum atomic E-state index is 13.2. The zero-order valence-electron chi connectivity index (χ0n) is 10.8. The van der Waals surface area contributed by atoms with Crippen LogP contribution in [0.15, 0.2) is 22.7 Å². The second-order valence-electron chi connectivity index (χ2n) is 5.08. The molecule has 1 fully saturated rings. The number of nitrogens with one attached hydrogen (secondary N) is 1. The van der Waals surface area contributed by atoms with Gasteiger partial charge in [-0.3, -0.25) is 0 Å².